The lowest BCUT2D eigenvalue weighted by Gasteiger charge is -2.22. The predicted molar refractivity (Wildman–Crippen MR) is 110 cm³/mol. The minimum absolute atomic E-state index is 0.0841. The second-order valence-electron chi connectivity index (χ2n) is 8.57. The summed E-state index contributed by atoms with van der Waals surface area (Å²) in [6.45, 7) is 0.829. The van der Waals surface area contributed by atoms with Crippen LogP contribution in [-0.4, -0.2) is 29.8 Å². The highest BCUT2D eigenvalue weighted by atomic mass is 16.5. The van der Waals surface area contributed by atoms with Gasteiger partial charge >= 0.3 is 0 Å². The number of amides is 1. The molecule has 1 spiro atoms. The maximum Gasteiger partial charge on any atom is 0.220 e. The average molecular weight is 398 g/mol. The van der Waals surface area contributed by atoms with Crippen LogP contribution >= 0.6 is 0 Å². The van der Waals surface area contributed by atoms with Crippen molar-refractivity contribution in [2.45, 2.75) is 64.2 Å². The van der Waals surface area contributed by atoms with Crippen LogP contribution in [0, 0.1) is 11.3 Å². The number of carbonyl (C=O) groups excluding carboxylic acids is 1. The van der Waals surface area contributed by atoms with Gasteiger partial charge < -0.3 is 14.5 Å². The van der Waals surface area contributed by atoms with Crippen molar-refractivity contribution in [2.75, 3.05) is 13.7 Å². The predicted octanol–water partition coefficient (Wildman–Crippen LogP) is 3.88. The van der Waals surface area contributed by atoms with Gasteiger partial charge in [0.15, 0.2) is 0 Å². The minimum atomic E-state index is 0.0841. The minimum Gasteiger partial charge on any atom is -0.497 e. The molecule has 1 N–H and O–H groups in total. The highest BCUT2D eigenvalue weighted by molar-refractivity contribution is 5.76. The molecular formula is C23H31N3O3. The first kappa shape index (κ1) is 19.9. The standard InChI is InChI=1S/C23H31N3O3/c1-28-19-8-5-17(6-9-19)7-11-21-25-26-22(29-21)12-10-20(27)24-16-18-15-23(18)13-3-2-4-14-23/h5-6,8-9,18H,2-4,7,10-16H2,1H3,(H,24,27)/t18-/m0/s1. The summed E-state index contributed by atoms with van der Waals surface area (Å²) in [6.07, 6.45) is 10.5. The molecule has 29 heavy (non-hydrogen) atoms. The summed E-state index contributed by atoms with van der Waals surface area (Å²) < 4.78 is 10.9. The molecule has 6 heteroatoms. The Kier molecular flexibility index (Phi) is 6.16. The van der Waals surface area contributed by atoms with E-state index >= 15 is 0 Å². The van der Waals surface area contributed by atoms with Gasteiger partial charge in [0.05, 0.1) is 7.11 Å². The maximum absolute atomic E-state index is 12.2. The molecule has 1 aromatic carbocycles. The summed E-state index contributed by atoms with van der Waals surface area (Å²) in [5.74, 6) is 2.79. The number of rotatable bonds is 9. The molecule has 2 saturated carbocycles. The van der Waals surface area contributed by atoms with Crippen LogP contribution in [0.1, 0.15) is 62.3 Å². The van der Waals surface area contributed by atoms with Crippen molar-refractivity contribution in [2.24, 2.45) is 11.3 Å². The molecule has 2 aliphatic carbocycles. The molecule has 0 radical (unpaired) electrons. The fourth-order valence-electron chi connectivity index (χ4n) is 4.67. The van der Waals surface area contributed by atoms with Crippen LogP contribution in [0.4, 0.5) is 0 Å². The zero-order valence-corrected chi connectivity index (χ0v) is 17.3. The van der Waals surface area contributed by atoms with Gasteiger partial charge in [-0.2, -0.15) is 0 Å². The van der Waals surface area contributed by atoms with Crippen LogP contribution < -0.4 is 10.1 Å². The molecule has 0 unspecified atom stereocenters. The van der Waals surface area contributed by atoms with E-state index in [1.165, 1.54) is 44.1 Å². The molecule has 156 valence electrons. The Hall–Kier alpha value is -2.37. The number of methoxy groups -OCH3 is 1. The second kappa shape index (κ2) is 8.97. The van der Waals surface area contributed by atoms with E-state index in [-0.39, 0.29) is 5.91 Å². The number of aryl methyl sites for hydroxylation is 3. The largest absolute Gasteiger partial charge is 0.497 e. The van der Waals surface area contributed by atoms with Crippen molar-refractivity contribution < 1.29 is 13.9 Å². The summed E-state index contributed by atoms with van der Waals surface area (Å²) in [6, 6.07) is 7.98. The molecular weight excluding hydrogens is 366 g/mol. The first-order chi connectivity index (χ1) is 14.2. The van der Waals surface area contributed by atoms with Crippen LogP contribution in [0.15, 0.2) is 28.7 Å². The highest BCUT2D eigenvalue weighted by Crippen LogP contribution is 2.60. The number of hydrogen-bond acceptors (Lipinski definition) is 5. The first-order valence-corrected chi connectivity index (χ1v) is 10.9. The summed E-state index contributed by atoms with van der Waals surface area (Å²) in [4.78, 5) is 12.2. The van der Waals surface area contributed by atoms with Gasteiger partial charge in [0.25, 0.3) is 0 Å². The summed E-state index contributed by atoms with van der Waals surface area (Å²) in [5.41, 5.74) is 1.76. The van der Waals surface area contributed by atoms with Crippen LogP contribution in [0.25, 0.3) is 0 Å². The number of nitrogens with zero attached hydrogens (tertiary/aromatic N) is 2. The Morgan fingerprint density at radius 1 is 1.10 bits per heavy atom. The average Bonchev–Trinajstić information content (AvgIpc) is 3.20. The number of benzene rings is 1. The zero-order valence-electron chi connectivity index (χ0n) is 17.3. The number of ether oxygens (including phenoxy) is 1. The first-order valence-electron chi connectivity index (χ1n) is 10.9. The number of nitrogens with one attached hydrogen (secondary N) is 1. The normalized spacial score (nSPS) is 19.8. The van der Waals surface area contributed by atoms with Crippen molar-refractivity contribution in [1.29, 1.82) is 0 Å². The molecule has 2 aliphatic rings. The summed E-state index contributed by atoms with van der Waals surface area (Å²) in [7, 11) is 1.66. The van der Waals surface area contributed by atoms with E-state index in [0.29, 0.717) is 42.4 Å². The molecule has 1 heterocycles. The smallest absolute Gasteiger partial charge is 0.220 e. The maximum atomic E-state index is 12.2. The van der Waals surface area contributed by atoms with Crippen LogP contribution in [0.3, 0.4) is 0 Å². The monoisotopic (exact) mass is 397 g/mol. The number of aromatic nitrogens is 2. The Labute approximate surface area is 172 Å². The SMILES string of the molecule is COc1ccc(CCc2nnc(CCC(=O)NC[C@@H]3CC34CCCCC4)o2)cc1. The van der Waals surface area contributed by atoms with Gasteiger partial charge in [-0.05, 0) is 54.7 Å². The van der Waals surface area contributed by atoms with Crippen molar-refractivity contribution in [1.82, 2.24) is 15.5 Å². The van der Waals surface area contributed by atoms with Crippen LogP contribution in [0.2, 0.25) is 0 Å². The fourth-order valence-corrected chi connectivity index (χ4v) is 4.67. The Morgan fingerprint density at radius 3 is 2.55 bits per heavy atom. The Bertz CT molecular complexity index is 809. The van der Waals surface area contributed by atoms with E-state index in [1.54, 1.807) is 7.11 Å². The van der Waals surface area contributed by atoms with Crippen molar-refractivity contribution in [3.8, 4) is 5.75 Å². The van der Waals surface area contributed by atoms with Crippen molar-refractivity contribution >= 4 is 5.91 Å². The number of carbonyl (C=O) groups is 1. The Balaban J connectivity index is 1.15. The lowest BCUT2D eigenvalue weighted by atomic mass is 9.84. The van der Waals surface area contributed by atoms with E-state index < -0.39 is 0 Å². The van der Waals surface area contributed by atoms with E-state index in [1.807, 2.05) is 24.3 Å². The van der Waals surface area contributed by atoms with Crippen molar-refractivity contribution in [3.63, 3.8) is 0 Å². The molecule has 1 amide bonds. The van der Waals surface area contributed by atoms with E-state index in [2.05, 4.69) is 15.5 Å². The van der Waals surface area contributed by atoms with Gasteiger partial charge in [-0.15, -0.1) is 10.2 Å². The molecule has 2 aromatic rings. The lowest BCUT2D eigenvalue weighted by Crippen LogP contribution is -2.27. The third-order valence-corrected chi connectivity index (χ3v) is 6.62. The molecule has 1 atom stereocenters. The second-order valence-corrected chi connectivity index (χ2v) is 8.57. The quantitative estimate of drug-likeness (QED) is 0.695. The molecule has 2 fully saturated rings. The van der Waals surface area contributed by atoms with Gasteiger partial charge in [-0.25, -0.2) is 0 Å². The molecule has 0 bridgehead atoms. The lowest BCUT2D eigenvalue weighted by molar-refractivity contribution is -0.121. The van der Waals surface area contributed by atoms with Gasteiger partial charge in [0, 0.05) is 25.8 Å². The summed E-state index contributed by atoms with van der Waals surface area (Å²) >= 11 is 0. The van der Waals surface area contributed by atoms with E-state index in [0.717, 1.165) is 18.7 Å². The Morgan fingerprint density at radius 2 is 1.83 bits per heavy atom. The topological polar surface area (TPSA) is 77.2 Å². The molecule has 0 saturated heterocycles. The number of hydrogen-bond donors (Lipinski definition) is 1. The van der Waals surface area contributed by atoms with Gasteiger partial charge in [0.1, 0.15) is 5.75 Å². The molecule has 6 nitrogen and oxygen atoms in total. The van der Waals surface area contributed by atoms with Crippen molar-refractivity contribution in [3.05, 3.63) is 41.6 Å². The van der Waals surface area contributed by atoms with Crippen LogP contribution in [-0.2, 0) is 24.1 Å². The summed E-state index contributed by atoms with van der Waals surface area (Å²) in [5, 5.41) is 11.3. The van der Waals surface area contributed by atoms with Crippen LogP contribution in [0.5, 0.6) is 5.75 Å². The third-order valence-electron chi connectivity index (χ3n) is 6.62. The van der Waals surface area contributed by atoms with Gasteiger partial charge in [0.2, 0.25) is 17.7 Å². The van der Waals surface area contributed by atoms with Gasteiger partial charge in [-0.1, -0.05) is 31.4 Å². The molecule has 0 aliphatic heterocycles. The third kappa shape index (κ3) is 5.17. The van der Waals surface area contributed by atoms with Gasteiger partial charge in [-0.3, -0.25) is 4.79 Å². The fraction of sp³-hybridized carbons (Fsp3) is 0.609. The highest BCUT2D eigenvalue weighted by Gasteiger charge is 2.53. The van der Waals surface area contributed by atoms with E-state index in [4.69, 9.17) is 9.15 Å². The van der Waals surface area contributed by atoms with E-state index in [9.17, 15) is 4.79 Å². The molecule has 1 aromatic heterocycles. The zero-order chi connectivity index (χ0) is 20.1. The molecule has 4 rings (SSSR count).